The molecule has 0 bridgehead atoms. The van der Waals surface area contributed by atoms with Crippen molar-refractivity contribution < 1.29 is 13.9 Å². The molecule has 0 spiro atoms. The van der Waals surface area contributed by atoms with Gasteiger partial charge >= 0.3 is 5.97 Å². The summed E-state index contributed by atoms with van der Waals surface area (Å²) >= 11 is 11.1. The summed E-state index contributed by atoms with van der Waals surface area (Å²) in [5.41, 5.74) is 2.15. The lowest BCUT2D eigenvalue weighted by Gasteiger charge is -2.17. The maximum Gasteiger partial charge on any atom is 0.338 e. The van der Waals surface area contributed by atoms with Crippen LogP contribution in [-0.4, -0.2) is 24.2 Å². The first kappa shape index (κ1) is 18.6. The van der Waals surface area contributed by atoms with E-state index < -0.39 is 5.97 Å². The van der Waals surface area contributed by atoms with Crippen LogP contribution >= 0.6 is 23.8 Å². The highest BCUT2D eigenvalue weighted by atomic mass is 35.5. The Kier molecular flexibility index (Phi) is 6.06. The molecule has 7 heteroatoms. The highest BCUT2D eigenvalue weighted by Gasteiger charge is 2.25. The number of carbonyl (C=O) groups is 1. The Hall–Kier alpha value is -2.18. The van der Waals surface area contributed by atoms with E-state index in [1.165, 1.54) is 6.07 Å². The van der Waals surface area contributed by atoms with Crippen molar-refractivity contribution in [1.82, 2.24) is 10.6 Å². The third-order valence-electron chi connectivity index (χ3n) is 4.22. The zero-order valence-corrected chi connectivity index (χ0v) is 15.5. The molecule has 3 rings (SSSR count). The van der Waals surface area contributed by atoms with Crippen LogP contribution in [0.1, 0.15) is 33.9 Å². The molecule has 136 valence electrons. The summed E-state index contributed by atoms with van der Waals surface area (Å²) in [7, 11) is 0. The minimum atomic E-state index is -0.414. The molecule has 0 amide bonds. The van der Waals surface area contributed by atoms with Gasteiger partial charge in [-0.05, 0) is 66.5 Å². The molecule has 0 heterocycles. The number of hydrogen-bond acceptors (Lipinski definition) is 3. The molecule has 2 aromatic carbocycles. The van der Waals surface area contributed by atoms with Crippen molar-refractivity contribution in [1.29, 1.82) is 0 Å². The molecule has 0 aromatic heterocycles. The number of nitrogens with one attached hydrogen (secondary N) is 2. The van der Waals surface area contributed by atoms with Crippen molar-refractivity contribution in [3.8, 4) is 0 Å². The van der Waals surface area contributed by atoms with Crippen LogP contribution in [0.4, 0.5) is 4.39 Å². The number of esters is 1. The fourth-order valence-corrected chi connectivity index (χ4v) is 3.32. The molecular weight excluding hydrogens is 375 g/mol. The predicted molar refractivity (Wildman–Crippen MR) is 103 cm³/mol. The standard InChI is InChI=1S/C19H18ClFN2O2S/c20-13-6-4-12(5-7-13)18(24)25-11-10-22-19(26)23-17-9-8-14-15(17)2-1-3-16(14)21/h1-7,17H,8-11H2,(H2,22,23,26). The van der Waals surface area contributed by atoms with Gasteiger partial charge in [0.1, 0.15) is 12.4 Å². The molecule has 2 aromatic rings. The number of thiocarbonyl (C=S) groups is 1. The molecule has 0 aliphatic heterocycles. The van der Waals surface area contributed by atoms with Crippen LogP contribution in [0.25, 0.3) is 0 Å². The minimum Gasteiger partial charge on any atom is -0.460 e. The van der Waals surface area contributed by atoms with E-state index in [1.807, 2.05) is 6.07 Å². The third-order valence-corrected chi connectivity index (χ3v) is 4.73. The van der Waals surface area contributed by atoms with Crippen molar-refractivity contribution in [3.05, 3.63) is 70.0 Å². The Morgan fingerprint density at radius 2 is 2.04 bits per heavy atom. The maximum atomic E-state index is 13.8. The predicted octanol–water partition coefficient (Wildman–Crippen LogP) is 3.79. The van der Waals surface area contributed by atoms with Gasteiger partial charge in [-0.25, -0.2) is 9.18 Å². The summed E-state index contributed by atoms with van der Waals surface area (Å²) in [6.07, 6.45) is 1.49. The van der Waals surface area contributed by atoms with Crippen molar-refractivity contribution in [3.63, 3.8) is 0 Å². The second-order valence-corrected chi connectivity index (χ2v) is 6.79. The number of carbonyl (C=O) groups excluding carboxylic acids is 1. The van der Waals surface area contributed by atoms with E-state index in [1.54, 1.807) is 30.3 Å². The second kappa shape index (κ2) is 8.47. The van der Waals surface area contributed by atoms with Crippen molar-refractivity contribution in [2.45, 2.75) is 18.9 Å². The molecule has 1 atom stereocenters. The summed E-state index contributed by atoms with van der Waals surface area (Å²) in [4.78, 5) is 11.9. The van der Waals surface area contributed by atoms with Gasteiger partial charge in [0.05, 0.1) is 18.2 Å². The Balaban J connectivity index is 1.41. The van der Waals surface area contributed by atoms with E-state index in [-0.39, 0.29) is 18.5 Å². The highest BCUT2D eigenvalue weighted by molar-refractivity contribution is 7.80. The summed E-state index contributed by atoms with van der Waals surface area (Å²) in [5, 5.41) is 7.20. The average Bonchev–Trinajstić information content (AvgIpc) is 3.03. The van der Waals surface area contributed by atoms with Gasteiger partial charge in [0.2, 0.25) is 0 Å². The largest absolute Gasteiger partial charge is 0.460 e. The lowest BCUT2D eigenvalue weighted by molar-refractivity contribution is 0.0512. The number of ether oxygens (including phenoxy) is 1. The van der Waals surface area contributed by atoms with Crippen LogP contribution in [0.15, 0.2) is 42.5 Å². The molecule has 1 aliphatic carbocycles. The van der Waals surface area contributed by atoms with E-state index in [9.17, 15) is 9.18 Å². The number of fused-ring (bicyclic) bond motifs is 1. The molecule has 2 N–H and O–H groups in total. The van der Waals surface area contributed by atoms with Gasteiger partial charge in [-0.1, -0.05) is 23.7 Å². The first-order valence-electron chi connectivity index (χ1n) is 8.29. The monoisotopic (exact) mass is 392 g/mol. The van der Waals surface area contributed by atoms with Crippen LogP contribution in [0.2, 0.25) is 5.02 Å². The quantitative estimate of drug-likeness (QED) is 0.460. The molecule has 0 fully saturated rings. The first-order chi connectivity index (χ1) is 12.5. The molecule has 4 nitrogen and oxygen atoms in total. The Labute approximate surface area is 161 Å². The molecule has 1 aliphatic rings. The molecule has 26 heavy (non-hydrogen) atoms. The summed E-state index contributed by atoms with van der Waals surface area (Å²) in [6.45, 7) is 0.563. The lowest BCUT2D eigenvalue weighted by Crippen LogP contribution is -2.38. The van der Waals surface area contributed by atoms with E-state index in [0.29, 0.717) is 28.7 Å². The van der Waals surface area contributed by atoms with E-state index >= 15 is 0 Å². The zero-order chi connectivity index (χ0) is 18.5. The third kappa shape index (κ3) is 4.51. The van der Waals surface area contributed by atoms with Crippen LogP contribution in [0, 0.1) is 5.82 Å². The van der Waals surface area contributed by atoms with Gasteiger partial charge in [-0.2, -0.15) is 0 Å². The van der Waals surface area contributed by atoms with Crippen molar-refractivity contribution >= 4 is 34.9 Å². The SMILES string of the molecule is O=C(OCCNC(=S)NC1CCc2c(F)cccc21)c1ccc(Cl)cc1. The fourth-order valence-electron chi connectivity index (χ4n) is 2.95. The van der Waals surface area contributed by atoms with Crippen molar-refractivity contribution in [2.75, 3.05) is 13.2 Å². The summed E-state index contributed by atoms with van der Waals surface area (Å²) in [5.74, 6) is -0.581. The highest BCUT2D eigenvalue weighted by Crippen LogP contribution is 2.32. The van der Waals surface area contributed by atoms with E-state index in [2.05, 4.69) is 10.6 Å². The maximum absolute atomic E-state index is 13.8. The van der Waals surface area contributed by atoms with Gasteiger partial charge in [0.25, 0.3) is 0 Å². The Morgan fingerprint density at radius 1 is 1.27 bits per heavy atom. The van der Waals surface area contributed by atoms with Gasteiger partial charge in [-0.15, -0.1) is 0 Å². The van der Waals surface area contributed by atoms with Crippen molar-refractivity contribution in [2.24, 2.45) is 0 Å². The Morgan fingerprint density at radius 3 is 2.81 bits per heavy atom. The average molecular weight is 393 g/mol. The van der Waals surface area contributed by atoms with Crippen LogP contribution in [0.5, 0.6) is 0 Å². The molecule has 0 saturated heterocycles. The van der Waals surface area contributed by atoms with E-state index in [0.717, 1.165) is 17.5 Å². The number of halogens is 2. The number of rotatable bonds is 5. The lowest BCUT2D eigenvalue weighted by atomic mass is 10.1. The van der Waals surface area contributed by atoms with Gasteiger partial charge < -0.3 is 15.4 Å². The summed E-state index contributed by atoms with van der Waals surface area (Å²) in [6, 6.07) is 11.6. The van der Waals surface area contributed by atoms with Crippen LogP contribution < -0.4 is 10.6 Å². The number of benzene rings is 2. The number of hydrogen-bond donors (Lipinski definition) is 2. The molecule has 0 radical (unpaired) electrons. The molecule has 0 saturated carbocycles. The molecule has 1 unspecified atom stereocenters. The smallest absolute Gasteiger partial charge is 0.338 e. The first-order valence-corrected chi connectivity index (χ1v) is 9.07. The topological polar surface area (TPSA) is 50.4 Å². The molecular formula is C19H18ClFN2O2S. The summed E-state index contributed by atoms with van der Waals surface area (Å²) < 4.78 is 18.9. The van der Waals surface area contributed by atoms with Gasteiger partial charge in [0.15, 0.2) is 5.11 Å². The zero-order valence-electron chi connectivity index (χ0n) is 13.9. The normalized spacial score (nSPS) is 15.2. The fraction of sp³-hybridized carbons (Fsp3) is 0.263. The van der Waals surface area contributed by atoms with Gasteiger partial charge in [-0.3, -0.25) is 0 Å². The van der Waals surface area contributed by atoms with E-state index in [4.69, 9.17) is 28.6 Å². The van der Waals surface area contributed by atoms with Crippen LogP contribution in [0.3, 0.4) is 0 Å². The van der Waals surface area contributed by atoms with Crippen LogP contribution in [-0.2, 0) is 11.2 Å². The Bertz CT molecular complexity index is 814. The second-order valence-electron chi connectivity index (χ2n) is 5.94. The minimum absolute atomic E-state index is 0.00248. The van der Waals surface area contributed by atoms with Gasteiger partial charge in [0, 0.05) is 5.02 Å².